The average molecular weight is 290 g/mol. The molecule has 2 heterocycles. The van der Waals surface area contributed by atoms with Crippen LogP contribution >= 0.6 is 0 Å². The Labute approximate surface area is 126 Å². The molecular weight excluding hydrogens is 264 g/mol. The predicted molar refractivity (Wildman–Crippen MR) is 82.4 cm³/mol. The van der Waals surface area contributed by atoms with Crippen molar-refractivity contribution in [1.29, 1.82) is 0 Å². The van der Waals surface area contributed by atoms with E-state index in [1.807, 2.05) is 6.07 Å². The van der Waals surface area contributed by atoms with E-state index in [1.165, 1.54) is 38.8 Å². The zero-order valence-corrected chi connectivity index (χ0v) is 12.9. The largest absolute Gasteiger partial charge is 0.351 e. The average Bonchev–Trinajstić information content (AvgIpc) is 3.22. The molecule has 0 radical (unpaired) electrons. The summed E-state index contributed by atoms with van der Waals surface area (Å²) in [5.41, 5.74) is 1.64. The van der Waals surface area contributed by atoms with Crippen molar-refractivity contribution in [2.24, 2.45) is 5.92 Å². The van der Waals surface area contributed by atoms with Gasteiger partial charge in [0.05, 0.1) is 0 Å². The molecule has 5 nitrogen and oxygen atoms in total. The van der Waals surface area contributed by atoms with Gasteiger partial charge in [0.15, 0.2) is 0 Å². The minimum atomic E-state index is -0.0505. The summed E-state index contributed by atoms with van der Waals surface area (Å²) in [6, 6.07) is 1.90. The van der Waals surface area contributed by atoms with Crippen LogP contribution in [0.2, 0.25) is 0 Å². The number of aromatic amines is 1. The second-order valence-electron chi connectivity index (χ2n) is 6.62. The van der Waals surface area contributed by atoms with Crippen LogP contribution in [0.15, 0.2) is 6.07 Å². The number of nitrogens with one attached hydrogen (secondary N) is 2. The summed E-state index contributed by atoms with van der Waals surface area (Å²) in [6.45, 7) is 6.56. The van der Waals surface area contributed by atoms with E-state index in [4.69, 9.17) is 0 Å². The first-order chi connectivity index (χ1) is 10.2. The van der Waals surface area contributed by atoms with Crippen LogP contribution in [0.3, 0.4) is 0 Å². The highest BCUT2D eigenvalue weighted by Gasteiger charge is 2.26. The Kier molecular flexibility index (Phi) is 4.58. The first kappa shape index (κ1) is 14.6. The van der Waals surface area contributed by atoms with E-state index in [1.54, 1.807) is 0 Å². The van der Waals surface area contributed by atoms with Crippen molar-refractivity contribution < 1.29 is 4.79 Å². The summed E-state index contributed by atoms with van der Waals surface area (Å²) >= 11 is 0. The maximum Gasteiger partial charge on any atom is 0.271 e. The minimum absolute atomic E-state index is 0.0505. The zero-order valence-electron chi connectivity index (χ0n) is 12.9. The van der Waals surface area contributed by atoms with Crippen LogP contribution in [-0.4, -0.2) is 47.2 Å². The fourth-order valence-corrected chi connectivity index (χ4v) is 2.94. The third kappa shape index (κ3) is 4.06. The molecule has 5 heteroatoms. The van der Waals surface area contributed by atoms with E-state index in [9.17, 15) is 4.79 Å². The molecule has 116 valence electrons. The molecule has 2 N–H and O–H groups in total. The van der Waals surface area contributed by atoms with Gasteiger partial charge >= 0.3 is 0 Å². The lowest BCUT2D eigenvalue weighted by Gasteiger charge is -2.30. The van der Waals surface area contributed by atoms with Gasteiger partial charge in [0, 0.05) is 18.2 Å². The van der Waals surface area contributed by atoms with Crippen LogP contribution < -0.4 is 5.32 Å². The number of amides is 1. The Hall–Kier alpha value is -1.36. The number of hydrogen-bond acceptors (Lipinski definition) is 3. The van der Waals surface area contributed by atoms with E-state index < -0.39 is 0 Å². The van der Waals surface area contributed by atoms with Crippen molar-refractivity contribution >= 4 is 5.91 Å². The molecule has 0 bridgehead atoms. The number of carbonyl (C=O) groups excluding carboxylic acids is 1. The first-order valence-electron chi connectivity index (χ1n) is 8.28. The highest BCUT2D eigenvalue weighted by molar-refractivity contribution is 5.92. The molecule has 0 spiro atoms. The van der Waals surface area contributed by atoms with Gasteiger partial charge in [0.2, 0.25) is 0 Å². The third-order valence-electron chi connectivity index (χ3n) is 4.66. The molecule has 3 rings (SSSR count). The molecule has 0 unspecified atom stereocenters. The van der Waals surface area contributed by atoms with Gasteiger partial charge < -0.3 is 10.2 Å². The number of nitrogens with zero attached hydrogens (tertiary/aromatic N) is 2. The molecule has 1 saturated carbocycles. The Morgan fingerprint density at radius 2 is 2.14 bits per heavy atom. The molecule has 0 atom stereocenters. The van der Waals surface area contributed by atoms with E-state index in [0.717, 1.165) is 31.1 Å². The Bertz CT molecular complexity index is 472. The number of H-pyrrole nitrogens is 1. The molecule has 1 aromatic rings. The minimum Gasteiger partial charge on any atom is -0.351 e. The van der Waals surface area contributed by atoms with Gasteiger partial charge in [-0.25, -0.2) is 0 Å². The third-order valence-corrected chi connectivity index (χ3v) is 4.66. The summed E-state index contributed by atoms with van der Waals surface area (Å²) in [7, 11) is 0. The molecule has 1 aromatic heterocycles. The fourth-order valence-electron chi connectivity index (χ4n) is 2.94. The lowest BCUT2D eigenvalue weighted by molar-refractivity contribution is 0.0945. The molecule has 21 heavy (non-hydrogen) atoms. The molecule has 1 saturated heterocycles. The monoisotopic (exact) mass is 290 g/mol. The van der Waals surface area contributed by atoms with E-state index in [2.05, 4.69) is 27.3 Å². The number of likely N-dealkylation sites (tertiary alicyclic amines) is 1. The molecule has 2 fully saturated rings. The Balaban J connectivity index is 1.33. The summed E-state index contributed by atoms with van der Waals surface area (Å²) in [6.07, 6.45) is 6.07. The maximum atomic E-state index is 12.0. The van der Waals surface area contributed by atoms with Crippen molar-refractivity contribution in [2.75, 3.05) is 26.2 Å². The van der Waals surface area contributed by atoms with E-state index in [-0.39, 0.29) is 5.91 Å². The topological polar surface area (TPSA) is 61.0 Å². The van der Waals surface area contributed by atoms with Crippen molar-refractivity contribution in [2.45, 2.75) is 44.9 Å². The molecule has 1 aliphatic carbocycles. The molecule has 2 aliphatic rings. The van der Waals surface area contributed by atoms with Crippen LogP contribution in [0.1, 0.15) is 61.1 Å². The van der Waals surface area contributed by atoms with Crippen LogP contribution in [0.25, 0.3) is 0 Å². The second-order valence-corrected chi connectivity index (χ2v) is 6.62. The smallest absolute Gasteiger partial charge is 0.271 e. The number of rotatable bonds is 6. The first-order valence-corrected chi connectivity index (χ1v) is 8.28. The predicted octanol–water partition coefficient (Wildman–Crippen LogP) is 2.14. The number of hydrogen-bond donors (Lipinski definition) is 2. The molecule has 1 aliphatic heterocycles. The van der Waals surface area contributed by atoms with E-state index >= 15 is 0 Å². The molecular formula is C16H26N4O. The molecule has 1 amide bonds. The van der Waals surface area contributed by atoms with Crippen molar-refractivity contribution in [3.63, 3.8) is 0 Å². The fraction of sp³-hybridized carbons (Fsp3) is 0.750. The van der Waals surface area contributed by atoms with E-state index in [0.29, 0.717) is 11.6 Å². The standard InChI is InChI=1S/C16H26N4O/c1-12-5-9-20(10-6-12)8-2-7-17-16(21)15-11-14(18-19-15)13-3-4-13/h11-13H,2-10H2,1H3,(H,17,21)(H,18,19). The van der Waals surface area contributed by atoms with Crippen LogP contribution in [0.5, 0.6) is 0 Å². The Morgan fingerprint density at radius 3 is 2.86 bits per heavy atom. The van der Waals surface area contributed by atoms with Crippen molar-refractivity contribution in [3.8, 4) is 0 Å². The zero-order chi connectivity index (χ0) is 14.7. The van der Waals surface area contributed by atoms with Gasteiger partial charge in [0.25, 0.3) is 5.91 Å². The lowest BCUT2D eigenvalue weighted by Crippen LogP contribution is -2.35. The number of carbonyl (C=O) groups is 1. The number of piperidine rings is 1. The second kappa shape index (κ2) is 6.60. The van der Waals surface area contributed by atoms with Gasteiger partial charge in [-0.2, -0.15) is 5.10 Å². The lowest BCUT2D eigenvalue weighted by atomic mass is 9.99. The van der Waals surface area contributed by atoms with Gasteiger partial charge in [-0.3, -0.25) is 9.89 Å². The summed E-state index contributed by atoms with van der Waals surface area (Å²) in [4.78, 5) is 14.5. The van der Waals surface area contributed by atoms with Gasteiger partial charge in [-0.15, -0.1) is 0 Å². The number of aromatic nitrogens is 2. The van der Waals surface area contributed by atoms with Crippen LogP contribution in [0.4, 0.5) is 0 Å². The van der Waals surface area contributed by atoms with Gasteiger partial charge in [-0.05, 0) is 63.7 Å². The van der Waals surface area contributed by atoms with Crippen LogP contribution in [0, 0.1) is 5.92 Å². The Morgan fingerprint density at radius 1 is 1.38 bits per heavy atom. The SMILES string of the molecule is CC1CCN(CCCNC(=O)c2cc(C3CC3)[nH]n2)CC1. The summed E-state index contributed by atoms with van der Waals surface area (Å²) < 4.78 is 0. The maximum absolute atomic E-state index is 12.0. The summed E-state index contributed by atoms with van der Waals surface area (Å²) in [5.74, 6) is 1.44. The highest BCUT2D eigenvalue weighted by Crippen LogP contribution is 2.38. The van der Waals surface area contributed by atoms with Crippen LogP contribution in [-0.2, 0) is 0 Å². The van der Waals surface area contributed by atoms with Crippen molar-refractivity contribution in [3.05, 3.63) is 17.5 Å². The molecule has 0 aromatic carbocycles. The highest BCUT2D eigenvalue weighted by atomic mass is 16.1. The van der Waals surface area contributed by atoms with Gasteiger partial charge in [0.1, 0.15) is 5.69 Å². The summed E-state index contributed by atoms with van der Waals surface area (Å²) in [5, 5.41) is 10.1. The van der Waals surface area contributed by atoms with Crippen molar-refractivity contribution in [1.82, 2.24) is 20.4 Å². The van der Waals surface area contributed by atoms with Gasteiger partial charge in [-0.1, -0.05) is 6.92 Å². The normalized spacial score (nSPS) is 20.6. The quantitative estimate of drug-likeness (QED) is 0.789.